The topological polar surface area (TPSA) is 96.0 Å². The second kappa shape index (κ2) is 16.8. The van der Waals surface area contributed by atoms with Crippen LogP contribution in [0, 0.1) is 13.8 Å². The normalized spacial score (nSPS) is 11.7. The van der Waals surface area contributed by atoms with E-state index in [0.29, 0.717) is 18.0 Å². The molecule has 0 aromatic heterocycles. The number of nitrogens with one attached hydrogen (secondary N) is 1. The number of benzene rings is 5. The third-order valence-electron chi connectivity index (χ3n) is 8.41. The predicted octanol–water partition coefficient (Wildman–Crippen LogP) is 7.46. The summed E-state index contributed by atoms with van der Waals surface area (Å²) in [6, 6.07) is 38.7. The fraction of sp³-hybridized carbons (Fsp3) is 0.220. The number of hydrogen-bond acceptors (Lipinski definition) is 5. The minimum Gasteiger partial charge on any atom is -0.457 e. The van der Waals surface area contributed by atoms with Gasteiger partial charge in [0.15, 0.2) is 0 Å². The van der Waals surface area contributed by atoms with Gasteiger partial charge in [0.2, 0.25) is 11.8 Å². The van der Waals surface area contributed by atoms with Crippen molar-refractivity contribution >= 4 is 27.5 Å². The van der Waals surface area contributed by atoms with Gasteiger partial charge in [0.1, 0.15) is 24.1 Å². The Hall–Kier alpha value is -5.41. The van der Waals surface area contributed by atoms with Crippen molar-refractivity contribution in [3.8, 4) is 11.5 Å². The number of hydrogen-bond donors (Lipinski definition) is 1. The number of ether oxygens (including phenoxy) is 1. The molecule has 0 radical (unpaired) electrons. The van der Waals surface area contributed by atoms with Gasteiger partial charge in [-0.1, -0.05) is 97.4 Å². The summed E-state index contributed by atoms with van der Waals surface area (Å²) in [7, 11) is -4.23. The van der Waals surface area contributed by atoms with Crippen molar-refractivity contribution in [2.75, 3.05) is 17.4 Å². The molecule has 1 N–H and O–H groups in total. The van der Waals surface area contributed by atoms with Crippen LogP contribution in [0.5, 0.6) is 11.5 Å². The van der Waals surface area contributed by atoms with E-state index in [9.17, 15) is 18.0 Å². The third-order valence-corrected chi connectivity index (χ3v) is 10.2. The fourth-order valence-electron chi connectivity index (χ4n) is 5.56. The fourth-order valence-corrected chi connectivity index (χ4v) is 6.98. The third kappa shape index (κ3) is 9.18. The lowest BCUT2D eigenvalue weighted by Gasteiger charge is -2.34. The number of amides is 2. The van der Waals surface area contributed by atoms with Gasteiger partial charge in [-0.05, 0) is 85.5 Å². The number of anilines is 1. The molecule has 5 aromatic rings. The van der Waals surface area contributed by atoms with Crippen molar-refractivity contribution in [2.45, 2.75) is 51.1 Å². The van der Waals surface area contributed by atoms with E-state index >= 15 is 0 Å². The van der Waals surface area contributed by atoms with Crippen molar-refractivity contribution < 1.29 is 22.7 Å². The first kappa shape index (κ1) is 35.9. The lowest BCUT2D eigenvalue weighted by atomic mass is 10.0. The van der Waals surface area contributed by atoms with Crippen molar-refractivity contribution in [1.29, 1.82) is 0 Å². The number of aryl methyl sites for hydroxylation is 2. The van der Waals surface area contributed by atoms with Crippen LogP contribution in [0.4, 0.5) is 5.69 Å². The molecule has 0 heterocycles. The molecule has 9 heteroatoms. The average Bonchev–Trinajstić information content (AvgIpc) is 3.13. The SMILES string of the molecule is CCCNC(=O)[C@@H](Cc1ccccc1)N(Cc1ccccc1C)C(=O)CN(c1ccc(Oc2ccccc2)cc1)S(=O)(=O)c1ccc(C)cc1. The molecule has 50 heavy (non-hydrogen) atoms. The highest BCUT2D eigenvalue weighted by atomic mass is 32.2. The molecular weight excluding hydrogens is 647 g/mol. The summed E-state index contributed by atoms with van der Waals surface area (Å²) in [6.45, 7) is 5.82. The molecule has 5 rings (SSSR count). The number of carbonyl (C=O) groups is 2. The lowest BCUT2D eigenvalue weighted by Crippen LogP contribution is -2.53. The molecular formula is C41H43N3O5S. The van der Waals surface area contributed by atoms with Crippen LogP contribution in [0.15, 0.2) is 138 Å². The van der Waals surface area contributed by atoms with Crippen LogP contribution in [0.1, 0.15) is 35.6 Å². The number of rotatable bonds is 15. The van der Waals surface area contributed by atoms with Crippen LogP contribution in [0.25, 0.3) is 0 Å². The Morgan fingerprint density at radius 3 is 1.98 bits per heavy atom. The summed E-state index contributed by atoms with van der Waals surface area (Å²) in [4.78, 5) is 30.1. The summed E-state index contributed by atoms with van der Waals surface area (Å²) in [6.07, 6.45) is 0.979. The number of carbonyl (C=O) groups excluding carboxylic acids is 2. The highest BCUT2D eigenvalue weighted by Crippen LogP contribution is 2.29. The van der Waals surface area contributed by atoms with E-state index in [-0.39, 0.29) is 29.5 Å². The summed E-state index contributed by atoms with van der Waals surface area (Å²) in [5.74, 6) is 0.335. The molecule has 5 aromatic carbocycles. The van der Waals surface area contributed by atoms with Crippen LogP contribution >= 0.6 is 0 Å². The van der Waals surface area contributed by atoms with Gasteiger partial charge in [-0.15, -0.1) is 0 Å². The van der Waals surface area contributed by atoms with E-state index in [1.165, 1.54) is 17.0 Å². The van der Waals surface area contributed by atoms with E-state index in [2.05, 4.69) is 5.32 Å². The smallest absolute Gasteiger partial charge is 0.264 e. The first-order valence-electron chi connectivity index (χ1n) is 16.7. The molecule has 2 amide bonds. The number of para-hydroxylation sites is 1. The zero-order chi connectivity index (χ0) is 35.5. The predicted molar refractivity (Wildman–Crippen MR) is 198 cm³/mol. The number of nitrogens with zero attached hydrogens (tertiary/aromatic N) is 2. The first-order chi connectivity index (χ1) is 24.2. The molecule has 0 saturated carbocycles. The van der Waals surface area contributed by atoms with Crippen LogP contribution in [-0.4, -0.2) is 44.3 Å². The van der Waals surface area contributed by atoms with Gasteiger partial charge >= 0.3 is 0 Å². The van der Waals surface area contributed by atoms with Gasteiger partial charge in [0.25, 0.3) is 10.0 Å². The molecule has 0 fully saturated rings. The minimum atomic E-state index is -4.23. The lowest BCUT2D eigenvalue weighted by molar-refractivity contribution is -0.140. The molecule has 0 aliphatic rings. The van der Waals surface area contributed by atoms with Crippen molar-refractivity contribution in [3.63, 3.8) is 0 Å². The zero-order valence-corrected chi connectivity index (χ0v) is 29.5. The highest BCUT2D eigenvalue weighted by molar-refractivity contribution is 7.92. The molecule has 0 unspecified atom stereocenters. The second-order valence-electron chi connectivity index (χ2n) is 12.2. The zero-order valence-electron chi connectivity index (χ0n) is 28.7. The summed E-state index contributed by atoms with van der Waals surface area (Å²) in [5.41, 5.74) is 3.88. The Balaban J connectivity index is 1.56. The molecule has 0 aliphatic heterocycles. The molecule has 1 atom stereocenters. The van der Waals surface area contributed by atoms with Crippen LogP contribution in [-0.2, 0) is 32.6 Å². The van der Waals surface area contributed by atoms with E-state index in [0.717, 1.165) is 33.0 Å². The Morgan fingerprint density at radius 2 is 1.34 bits per heavy atom. The summed E-state index contributed by atoms with van der Waals surface area (Å²) >= 11 is 0. The molecule has 0 bridgehead atoms. The summed E-state index contributed by atoms with van der Waals surface area (Å²) < 4.78 is 35.8. The van der Waals surface area contributed by atoms with Gasteiger partial charge in [0.05, 0.1) is 10.6 Å². The van der Waals surface area contributed by atoms with Gasteiger partial charge in [0, 0.05) is 19.5 Å². The van der Waals surface area contributed by atoms with Gasteiger partial charge in [-0.3, -0.25) is 13.9 Å². The maximum atomic E-state index is 14.7. The summed E-state index contributed by atoms with van der Waals surface area (Å²) in [5, 5.41) is 2.98. The monoisotopic (exact) mass is 689 g/mol. The van der Waals surface area contributed by atoms with E-state index in [1.807, 2.05) is 106 Å². The van der Waals surface area contributed by atoms with Crippen LogP contribution in [0.2, 0.25) is 0 Å². The average molecular weight is 690 g/mol. The van der Waals surface area contributed by atoms with Gasteiger partial charge in [-0.25, -0.2) is 8.42 Å². The Kier molecular flexibility index (Phi) is 12.1. The largest absolute Gasteiger partial charge is 0.457 e. The second-order valence-corrected chi connectivity index (χ2v) is 14.0. The molecule has 0 spiro atoms. The maximum absolute atomic E-state index is 14.7. The van der Waals surface area contributed by atoms with Crippen LogP contribution in [0.3, 0.4) is 0 Å². The Bertz CT molecular complexity index is 1970. The van der Waals surface area contributed by atoms with Crippen molar-refractivity contribution in [3.05, 3.63) is 156 Å². The maximum Gasteiger partial charge on any atom is 0.264 e. The molecule has 8 nitrogen and oxygen atoms in total. The van der Waals surface area contributed by atoms with Crippen LogP contribution < -0.4 is 14.4 Å². The Morgan fingerprint density at radius 1 is 0.740 bits per heavy atom. The molecule has 258 valence electrons. The Labute approximate surface area is 295 Å². The first-order valence-corrected chi connectivity index (χ1v) is 18.2. The van der Waals surface area contributed by atoms with Gasteiger partial charge in [-0.2, -0.15) is 0 Å². The molecule has 0 aliphatic carbocycles. The highest BCUT2D eigenvalue weighted by Gasteiger charge is 2.34. The van der Waals surface area contributed by atoms with Gasteiger partial charge < -0.3 is 15.0 Å². The molecule has 0 saturated heterocycles. The number of sulfonamides is 1. The quantitative estimate of drug-likeness (QED) is 0.123. The van der Waals surface area contributed by atoms with Crippen molar-refractivity contribution in [2.24, 2.45) is 0 Å². The minimum absolute atomic E-state index is 0.0486. The standard InChI is InChI=1S/C41H43N3O5S/c1-4-27-42-41(46)39(28-33-14-7-5-8-15-33)43(29-34-16-12-11-13-32(34)3)40(45)30-44(50(47,48)38-25-19-31(2)20-26-38)35-21-23-37(24-22-35)49-36-17-9-6-10-18-36/h5-26,39H,4,27-30H2,1-3H3,(H,42,46)/t39-/m1/s1. The van der Waals surface area contributed by atoms with Crippen molar-refractivity contribution in [1.82, 2.24) is 10.2 Å². The van der Waals surface area contributed by atoms with E-state index < -0.39 is 28.5 Å². The van der Waals surface area contributed by atoms with E-state index in [1.54, 1.807) is 36.4 Å². The van der Waals surface area contributed by atoms with E-state index in [4.69, 9.17) is 4.74 Å².